The normalized spacial score (nSPS) is 12.9. The minimum absolute atomic E-state index is 0.0921. The van der Waals surface area contributed by atoms with Crippen LogP contribution in [0.25, 0.3) is 5.69 Å². The summed E-state index contributed by atoms with van der Waals surface area (Å²) in [5, 5.41) is 4.56. The molecule has 7 nitrogen and oxygen atoms in total. The molecule has 30 heavy (non-hydrogen) atoms. The number of esters is 1. The van der Waals surface area contributed by atoms with Crippen molar-refractivity contribution in [2.75, 3.05) is 20.3 Å². The number of hydrogen-bond donors (Lipinski definition) is 0. The molecule has 0 aliphatic carbocycles. The third kappa shape index (κ3) is 3.66. The van der Waals surface area contributed by atoms with Crippen molar-refractivity contribution in [3.05, 3.63) is 77.1 Å². The molecule has 0 bridgehead atoms. The third-order valence-corrected chi connectivity index (χ3v) is 5.15. The number of ether oxygens (including phenoxy) is 2. The van der Waals surface area contributed by atoms with E-state index in [4.69, 9.17) is 9.47 Å². The first kappa shape index (κ1) is 19.7. The number of hydrogen-bond acceptors (Lipinski definition) is 5. The van der Waals surface area contributed by atoms with E-state index in [0.29, 0.717) is 30.8 Å². The van der Waals surface area contributed by atoms with Gasteiger partial charge in [-0.25, -0.2) is 9.48 Å². The lowest BCUT2D eigenvalue weighted by atomic mass is 10.0. The largest absolute Gasteiger partial charge is 0.497 e. The van der Waals surface area contributed by atoms with Gasteiger partial charge in [0.05, 0.1) is 31.6 Å². The lowest BCUT2D eigenvalue weighted by molar-refractivity contribution is 0.0513. The van der Waals surface area contributed by atoms with E-state index in [9.17, 15) is 9.59 Å². The molecule has 2 aromatic carbocycles. The van der Waals surface area contributed by atoms with E-state index in [1.54, 1.807) is 47.9 Å². The molecular formula is C23H23N3O4. The van der Waals surface area contributed by atoms with Crippen molar-refractivity contribution in [3.8, 4) is 11.4 Å². The topological polar surface area (TPSA) is 73.7 Å². The van der Waals surface area contributed by atoms with Crippen LogP contribution in [0.4, 0.5) is 0 Å². The second-order valence-electron chi connectivity index (χ2n) is 6.95. The molecular weight excluding hydrogens is 382 g/mol. The quantitative estimate of drug-likeness (QED) is 0.609. The van der Waals surface area contributed by atoms with E-state index in [1.165, 1.54) is 0 Å². The lowest BCUT2D eigenvalue weighted by Gasteiger charge is -2.28. The van der Waals surface area contributed by atoms with Crippen LogP contribution in [0, 0.1) is 0 Å². The number of nitrogens with zero attached hydrogens (tertiary/aromatic N) is 3. The summed E-state index contributed by atoms with van der Waals surface area (Å²) in [6, 6.07) is 16.7. The Kier molecular flexibility index (Phi) is 5.52. The highest BCUT2D eigenvalue weighted by molar-refractivity contribution is 5.95. The molecule has 4 rings (SSSR count). The Labute approximate surface area is 174 Å². The maximum absolute atomic E-state index is 13.0. The second-order valence-corrected chi connectivity index (χ2v) is 6.95. The van der Waals surface area contributed by atoms with E-state index in [2.05, 4.69) is 5.10 Å². The zero-order chi connectivity index (χ0) is 21.1. The van der Waals surface area contributed by atoms with Gasteiger partial charge in [-0.3, -0.25) is 4.79 Å². The molecule has 0 atom stereocenters. The van der Waals surface area contributed by atoms with Gasteiger partial charge in [0.2, 0.25) is 0 Å². The van der Waals surface area contributed by atoms with Crippen LogP contribution in [-0.2, 0) is 17.7 Å². The van der Waals surface area contributed by atoms with Crippen molar-refractivity contribution < 1.29 is 19.1 Å². The number of rotatable bonds is 5. The fraction of sp³-hybridized carbons (Fsp3) is 0.261. The van der Waals surface area contributed by atoms with Crippen molar-refractivity contribution in [2.45, 2.75) is 19.9 Å². The Morgan fingerprint density at radius 1 is 1.07 bits per heavy atom. The van der Waals surface area contributed by atoms with E-state index in [0.717, 1.165) is 16.9 Å². The van der Waals surface area contributed by atoms with Gasteiger partial charge in [-0.1, -0.05) is 18.2 Å². The molecule has 0 spiro atoms. The van der Waals surface area contributed by atoms with Crippen LogP contribution in [0.1, 0.15) is 39.0 Å². The molecule has 0 N–H and O–H groups in total. The van der Waals surface area contributed by atoms with Gasteiger partial charge >= 0.3 is 5.97 Å². The summed E-state index contributed by atoms with van der Waals surface area (Å²) in [5.41, 5.74) is 3.39. The maximum Gasteiger partial charge on any atom is 0.359 e. The van der Waals surface area contributed by atoms with Crippen LogP contribution in [0.2, 0.25) is 0 Å². The van der Waals surface area contributed by atoms with E-state index >= 15 is 0 Å². The first-order valence-electron chi connectivity index (χ1n) is 9.89. The summed E-state index contributed by atoms with van der Waals surface area (Å²) in [7, 11) is 1.59. The summed E-state index contributed by atoms with van der Waals surface area (Å²) in [6.45, 7) is 2.87. The maximum atomic E-state index is 13.0. The first-order valence-corrected chi connectivity index (χ1v) is 9.89. The van der Waals surface area contributed by atoms with Gasteiger partial charge in [-0.15, -0.1) is 0 Å². The highest BCUT2D eigenvalue weighted by Crippen LogP contribution is 2.27. The first-order chi connectivity index (χ1) is 14.6. The highest BCUT2D eigenvalue weighted by atomic mass is 16.5. The lowest BCUT2D eigenvalue weighted by Crippen LogP contribution is -2.36. The second kappa shape index (κ2) is 8.41. The van der Waals surface area contributed by atoms with E-state index < -0.39 is 5.97 Å². The van der Waals surface area contributed by atoms with Gasteiger partial charge in [-0.2, -0.15) is 5.10 Å². The predicted octanol–water partition coefficient (Wildman–Crippen LogP) is 3.26. The number of para-hydroxylation sites is 1. The fourth-order valence-corrected chi connectivity index (χ4v) is 3.65. The van der Waals surface area contributed by atoms with Crippen LogP contribution >= 0.6 is 0 Å². The molecule has 0 radical (unpaired) electrons. The van der Waals surface area contributed by atoms with Gasteiger partial charge in [0.25, 0.3) is 5.91 Å². The van der Waals surface area contributed by atoms with Crippen molar-refractivity contribution >= 4 is 11.9 Å². The highest BCUT2D eigenvalue weighted by Gasteiger charge is 2.31. The molecule has 0 saturated heterocycles. The Balaban J connectivity index is 1.68. The summed E-state index contributed by atoms with van der Waals surface area (Å²) >= 11 is 0. The van der Waals surface area contributed by atoms with E-state index in [-0.39, 0.29) is 18.2 Å². The molecule has 0 fully saturated rings. The summed E-state index contributed by atoms with van der Waals surface area (Å²) in [6.07, 6.45) is 0.596. The zero-order valence-electron chi connectivity index (χ0n) is 17.0. The molecule has 0 saturated carbocycles. The standard InChI is InChI=1S/C23H23N3O4/c1-3-30-23(28)21-19-15-25(22(27)16-9-11-18(29-2)12-10-16)14-13-20(19)26(24-21)17-7-5-4-6-8-17/h4-12H,3,13-15H2,1-2H3. The summed E-state index contributed by atoms with van der Waals surface area (Å²) in [4.78, 5) is 27.3. The summed E-state index contributed by atoms with van der Waals surface area (Å²) < 4.78 is 12.2. The monoisotopic (exact) mass is 405 g/mol. The number of amides is 1. The number of aromatic nitrogens is 2. The third-order valence-electron chi connectivity index (χ3n) is 5.15. The Morgan fingerprint density at radius 2 is 1.80 bits per heavy atom. The van der Waals surface area contributed by atoms with Crippen molar-refractivity contribution in [1.82, 2.24) is 14.7 Å². The Hall–Kier alpha value is -3.61. The Bertz CT molecular complexity index is 1060. The molecule has 0 unspecified atom stereocenters. The fourth-order valence-electron chi connectivity index (χ4n) is 3.65. The zero-order valence-corrected chi connectivity index (χ0v) is 17.0. The van der Waals surface area contributed by atoms with Gasteiger partial charge in [0.1, 0.15) is 5.75 Å². The number of benzene rings is 2. The van der Waals surface area contributed by atoms with Gasteiger partial charge < -0.3 is 14.4 Å². The number of carbonyl (C=O) groups excluding carboxylic acids is 2. The van der Waals surface area contributed by atoms with Crippen LogP contribution in [0.3, 0.4) is 0 Å². The molecule has 1 aliphatic heterocycles. The predicted molar refractivity (Wildman–Crippen MR) is 111 cm³/mol. The van der Waals surface area contributed by atoms with Crippen molar-refractivity contribution in [3.63, 3.8) is 0 Å². The van der Waals surface area contributed by atoms with Crippen molar-refractivity contribution in [1.29, 1.82) is 0 Å². The SMILES string of the molecule is CCOC(=O)c1nn(-c2ccccc2)c2c1CN(C(=O)c1ccc(OC)cc1)CC2. The Morgan fingerprint density at radius 3 is 2.47 bits per heavy atom. The minimum Gasteiger partial charge on any atom is -0.497 e. The number of fused-ring (bicyclic) bond motifs is 1. The summed E-state index contributed by atoms with van der Waals surface area (Å²) in [5.74, 6) is 0.133. The molecule has 3 aromatic rings. The molecule has 2 heterocycles. The van der Waals surface area contributed by atoms with Gasteiger partial charge in [0, 0.05) is 24.1 Å². The van der Waals surface area contributed by atoms with Crippen LogP contribution in [0.15, 0.2) is 54.6 Å². The average Bonchev–Trinajstić information content (AvgIpc) is 3.18. The number of carbonyl (C=O) groups is 2. The molecule has 1 aliphatic rings. The van der Waals surface area contributed by atoms with Crippen LogP contribution in [0.5, 0.6) is 5.75 Å². The average molecular weight is 405 g/mol. The molecule has 154 valence electrons. The number of methoxy groups -OCH3 is 1. The smallest absolute Gasteiger partial charge is 0.359 e. The van der Waals surface area contributed by atoms with Crippen LogP contribution in [-0.4, -0.2) is 46.8 Å². The van der Waals surface area contributed by atoms with E-state index in [1.807, 2.05) is 30.3 Å². The van der Waals surface area contributed by atoms with Gasteiger partial charge in [0.15, 0.2) is 5.69 Å². The van der Waals surface area contributed by atoms with Crippen LogP contribution < -0.4 is 4.74 Å². The molecule has 1 aromatic heterocycles. The molecule has 7 heteroatoms. The van der Waals surface area contributed by atoms with Crippen molar-refractivity contribution in [2.24, 2.45) is 0 Å². The molecule has 1 amide bonds. The van der Waals surface area contributed by atoms with Gasteiger partial charge in [-0.05, 0) is 43.3 Å². The minimum atomic E-state index is -0.470.